The normalized spacial score (nSPS) is 10.9. The van der Waals surface area contributed by atoms with Crippen LogP contribution < -0.4 is 0 Å². The zero-order valence-electron chi connectivity index (χ0n) is 12.2. The van der Waals surface area contributed by atoms with Crippen molar-refractivity contribution in [3.05, 3.63) is 59.7 Å². The van der Waals surface area contributed by atoms with Gasteiger partial charge in [-0.15, -0.1) is 0 Å². The maximum Gasteiger partial charge on any atom is 0.398 e. The number of hydrogen-bond donors (Lipinski definition) is 4. The lowest BCUT2D eigenvalue weighted by atomic mass is 10.2. The summed E-state index contributed by atoms with van der Waals surface area (Å²) in [6.45, 7) is -1.26. The zero-order chi connectivity index (χ0) is 17.7. The lowest BCUT2D eigenvalue weighted by Crippen LogP contribution is -2.43. The smallest absolute Gasteiger partial charge is 0.398 e. The summed E-state index contributed by atoms with van der Waals surface area (Å²) < 4.78 is 9.14. The van der Waals surface area contributed by atoms with Gasteiger partial charge in [0.2, 0.25) is 0 Å². The van der Waals surface area contributed by atoms with E-state index in [0.29, 0.717) is 0 Å². The van der Waals surface area contributed by atoms with E-state index in [-0.39, 0.29) is 11.1 Å². The molecule has 0 fully saturated rings. The van der Waals surface area contributed by atoms with Crippen LogP contribution in [0.4, 0.5) is 0 Å². The molecule has 0 heterocycles. The van der Waals surface area contributed by atoms with Crippen LogP contribution in [0.2, 0.25) is 0 Å². The molecule has 0 spiro atoms. The van der Waals surface area contributed by atoms with Gasteiger partial charge in [-0.1, -0.05) is 24.3 Å². The number of hydrogen-bond acceptors (Lipinski definition) is 8. The molecule has 0 aliphatic rings. The highest BCUT2D eigenvalue weighted by atomic mass is 16.8. The van der Waals surface area contributed by atoms with E-state index in [1.807, 2.05) is 0 Å². The van der Waals surface area contributed by atoms with E-state index in [9.17, 15) is 30.0 Å². The summed E-state index contributed by atoms with van der Waals surface area (Å²) in [5.41, 5.74) is -0.606. The largest absolute Gasteiger partial charge is 0.507 e. The maximum atomic E-state index is 11.9. The molecule has 2 rings (SSSR count). The first-order valence-corrected chi connectivity index (χ1v) is 6.72. The Hall–Kier alpha value is -3.10. The molecule has 0 aliphatic carbocycles. The van der Waals surface area contributed by atoms with Crippen LogP contribution in [0.5, 0.6) is 11.5 Å². The van der Waals surface area contributed by atoms with E-state index >= 15 is 0 Å². The van der Waals surface area contributed by atoms with E-state index in [2.05, 4.69) is 9.47 Å². The third kappa shape index (κ3) is 3.80. The van der Waals surface area contributed by atoms with Crippen molar-refractivity contribution < 1.29 is 39.5 Å². The van der Waals surface area contributed by atoms with Crippen LogP contribution in [-0.2, 0) is 9.47 Å². The molecule has 0 aliphatic heterocycles. The summed E-state index contributed by atoms with van der Waals surface area (Å²) in [5.74, 6) is -6.28. The Morgan fingerprint density at radius 1 is 0.833 bits per heavy atom. The van der Waals surface area contributed by atoms with Gasteiger partial charge in [-0.2, -0.15) is 0 Å². The minimum Gasteiger partial charge on any atom is -0.507 e. The molecule has 0 amide bonds. The van der Waals surface area contributed by atoms with Crippen molar-refractivity contribution in [2.75, 3.05) is 6.61 Å². The first-order chi connectivity index (χ1) is 11.4. The van der Waals surface area contributed by atoms with Gasteiger partial charge in [0.15, 0.2) is 0 Å². The van der Waals surface area contributed by atoms with Gasteiger partial charge in [0.1, 0.15) is 29.2 Å². The number of carbonyl (C=O) groups excluding carboxylic acids is 2. The summed E-state index contributed by atoms with van der Waals surface area (Å²) >= 11 is 0. The fourth-order valence-electron chi connectivity index (χ4n) is 1.78. The summed E-state index contributed by atoms with van der Waals surface area (Å²) in [7, 11) is 0. The number of para-hydroxylation sites is 2. The van der Waals surface area contributed by atoms with Crippen molar-refractivity contribution in [2.24, 2.45) is 0 Å². The number of ether oxygens (including phenoxy) is 2. The molecule has 0 atom stereocenters. The van der Waals surface area contributed by atoms with E-state index in [1.54, 1.807) is 0 Å². The van der Waals surface area contributed by atoms with Gasteiger partial charge < -0.3 is 29.9 Å². The van der Waals surface area contributed by atoms with Crippen LogP contribution in [0.25, 0.3) is 0 Å². The van der Waals surface area contributed by atoms with Gasteiger partial charge in [-0.25, -0.2) is 9.59 Å². The Labute approximate surface area is 136 Å². The number of aromatic hydroxyl groups is 2. The number of rotatable bonds is 5. The molecule has 2 aromatic rings. The fourth-order valence-corrected chi connectivity index (χ4v) is 1.78. The Kier molecular flexibility index (Phi) is 5.02. The second-order valence-corrected chi connectivity index (χ2v) is 4.68. The van der Waals surface area contributed by atoms with E-state index in [1.165, 1.54) is 48.5 Å². The second-order valence-electron chi connectivity index (χ2n) is 4.68. The highest BCUT2D eigenvalue weighted by Gasteiger charge is 2.37. The number of esters is 2. The Morgan fingerprint density at radius 3 is 1.54 bits per heavy atom. The molecule has 0 saturated heterocycles. The third-order valence-corrected chi connectivity index (χ3v) is 2.95. The molecule has 4 N–H and O–H groups in total. The number of aliphatic hydroxyl groups excluding tert-OH is 1. The highest BCUT2D eigenvalue weighted by Crippen LogP contribution is 2.23. The predicted molar refractivity (Wildman–Crippen MR) is 79.1 cm³/mol. The lowest BCUT2D eigenvalue weighted by molar-refractivity contribution is -0.318. The molecule has 2 aromatic carbocycles. The van der Waals surface area contributed by atoms with Gasteiger partial charge in [0.25, 0.3) is 0 Å². The van der Waals surface area contributed by atoms with Crippen LogP contribution in [-0.4, -0.2) is 44.9 Å². The Bertz CT molecular complexity index is 696. The third-order valence-electron chi connectivity index (χ3n) is 2.95. The van der Waals surface area contributed by atoms with Gasteiger partial charge in [-0.05, 0) is 24.3 Å². The van der Waals surface area contributed by atoms with E-state index in [4.69, 9.17) is 0 Å². The van der Waals surface area contributed by atoms with Gasteiger partial charge in [-0.3, -0.25) is 0 Å². The quantitative estimate of drug-likeness (QED) is 0.465. The summed E-state index contributed by atoms with van der Waals surface area (Å²) in [5, 5.41) is 38.3. The predicted octanol–water partition coefficient (Wildman–Crippen LogP) is 0.750. The maximum absolute atomic E-state index is 11.9. The van der Waals surface area contributed by atoms with Crippen molar-refractivity contribution in [3.8, 4) is 11.5 Å². The zero-order valence-corrected chi connectivity index (χ0v) is 12.2. The van der Waals surface area contributed by atoms with Gasteiger partial charge in [0, 0.05) is 0 Å². The minimum absolute atomic E-state index is 0.303. The number of phenols is 2. The number of carbonyl (C=O) groups is 2. The second kappa shape index (κ2) is 6.99. The molecule has 0 radical (unpaired) electrons. The number of phenolic OH excluding ortho intramolecular Hbond substituents is 2. The van der Waals surface area contributed by atoms with Crippen LogP contribution >= 0.6 is 0 Å². The molecule has 8 nitrogen and oxygen atoms in total. The SMILES string of the molecule is O=C(OC(O)(CO)OC(=O)c1ccccc1O)c1ccccc1O. The number of benzene rings is 2. The molecule has 126 valence electrons. The first-order valence-electron chi connectivity index (χ1n) is 6.72. The Balaban J connectivity index is 2.17. The van der Waals surface area contributed by atoms with Crippen LogP contribution in [0.15, 0.2) is 48.5 Å². The van der Waals surface area contributed by atoms with Crippen LogP contribution in [0.3, 0.4) is 0 Å². The van der Waals surface area contributed by atoms with E-state index in [0.717, 1.165) is 0 Å². The standard InChI is InChI=1S/C16H14O8/c17-9-16(22,23-14(20)10-5-1-3-7-12(10)18)24-15(21)11-6-2-4-8-13(11)19/h1-8,17-19,22H,9H2. The summed E-state index contributed by atoms with van der Waals surface area (Å²) in [6.07, 6.45) is 0. The van der Waals surface area contributed by atoms with Gasteiger partial charge >= 0.3 is 17.9 Å². The minimum atomic E-state index is -2.99. The average molecular weight is 334 g/mol. The average Bonchev–Trinajstić information content (AvgIpc) is 2.55. The fraction of sp³-hybridized carbons (Fsp3) is 0.125. The van der Waals surface area contributed by atoms with Crippen LogP contribution in [0, 0.1) is 0 Å². The van der Waals surface area contributed by atoms with E-state index < -0.39 is 36.0 Å². The lowest BCUT2D eigenvalue weighted by Gasteiger charge is -2.25. The topological polar surface area (TPSA) is 134 Å². The summed E-state index contributed by atoms with van der Waals surface area (Å²) in [4.78, 5) is 23.9. The van der Waals surface area contributed by atoms with Crippen molar-refractivity contribution in [3.63, 3.8) is 0 Å². The number of aliphatic hydroxyl groups is 2. The van der Waals surface area contributed by atoms with Gasteiger partial charge in [0.05, 0.1) is 0 Å². The monoisotopic (exact) mass is 334 g/mol. The molecule has 0 bridgehead atoms. The molecular weight excluding hydrogens is 320 g/mol. The molecule has 0 saturated carbocycles. The van der Waals surface area contributed by atoms with Crippen molar-refractivity contribution in [1.29, 1.82) is 0 Å². The molecular formula is C16H14O8. The molecule has 0 unspecified atom stereocenters. The van der Waals surface area contributed by atoms with Crippen LogP contribution in [0.1, 0.15) is 20.7 Å². The highest BCUT2D eigenvalue weighted by molar-refractivity contribution is 5.94. The molecule has 0 aromatic heterocycles. The van der Waals surface area contributed by atoms with Crippen molar-refractivity contribution in [2.45, 2.75) is 5.97 Å². The Morgan fingerprint density at radius 2 is 1.21 bits per heavy atom. The molecule has 8 heteroatoms. The van der Waals surface area contributed by atoms with Crippen molar-refractivity contribution >= 4 is 11.9 Å². The molecule has 24 heavy (non-hydrogen) atoms. The van der Waals surface area contributed by atoms with Crippen molar-refractivity contribution in [1.82, 2.24) is 0 Å². The summed E-state index contributed by atoms with van der Waals surface area (Å²) in [6, 6.07) is 10.6. The first kappa shape index (κ1) is 17.3.